The zero-order valence-corrected chi connectivity index (χ0v) is 9.64. The highest BCUT2D eigenvalue weighted by molar-refractivity contribution is 14.1. The molecule has 1 heterocycles. The van der Waals surface area contributed by atoms with Gasteiger partial charge in [0, 0.05) is 6.07 Å². The third kappa shape index (κ3) is 2.40. The van der Waals surface area contributed by atoms with Crippen molar-refractivity contribution in [1.29, 1.82) is 0 Å². The molecule has 1 amide bonds. The quantitative estimate of drug-likeness (QED) is 0.512. The minimum Gasteiger partial charge on any atom is -0.364 e. The van der Waals surface area contributed by atoms with E-state index in [1.807, 2.05) is 0 Å². The molecule has 16 heavy (non-hydrogen) atoms. The van der Waals surface area contributed by atoms with Gasteiger partial charge in [-0.1, -0.05) is 0 Å². The summed E-state index contributed by atoms with van der Waals surface area (Å²) in [5.74, 6) is -1.01. The summed E-state index contributed by atoms with van der Waals surface area (Å²) < 4.78 is 24.9. The third-order valence-electron chi connectivity index (χ3n) is 1.62. The van der Waals surface area contributed by atoms with Crippen LogP contribution in [0.3, 0.4) is 0 Å². The Morgan fingerprint density at radius 1 is 1.62 bits per heavy atom. The van der Waals surface area contributed by atoms with Crippen molar-refractivity contribution in [3.05, 3.63) is 31.1 Å². The summed E-state index contributed by atoms with van der Waals surface area (Å²) in [5.41, 5.74) is 2.60. The molecule has 0 aliphatic heterocycles. The van der Waals surface area contributed by atoms with Gasteiger partial charge < -0.3 is 5.73 Å². The minimum absolute atomic E-state index is 0.0567. The van der Waals surface area contributed by atoms with Gasteiger partial charge in [0.25, 0.3) is 18.0 Å². The number of halogens is 3. The Labute approximate surface area is 101 Å². The highest BCUT2D eigenvalue weighted by Gasteiger charge is 2.27. The Morgan fingerprint density at radius 3 is 2.56 bits per heavy atom. The number of nitrogens with two attached hydrogens (primary N) is 1. The number of carbonyl (C=O) groups excluding carboxylic acids is 1. The van der Waals surface area contributed by atoms with E-state index in [1.54, 1.807) is 22.6 Å². The van der Waals surface area contributed by atoms with Gasteiger partial charge in [-0.05, 0) is 22.6 Å². The molecule has 6 nitrogen and oxygen atoms in total. The van der Waals surface area contributed by atoms with Crippen LogP contribution in [0.2, 0.25) is 0 Å². The number of hydrogen-bond acceptors (Lipinski definition) is 4. The number of amides is 1. The van der Waals surface area contributed by atoms with E-state index in [1.165, 1.54) is 0 Å². The van der Waals surface area contributed by atoms with Crippen molar-refractivity contribution in [2.45, 2.75) is 6.43 Å². The molecule has 0 spiro atoms. The second kappa shape index (κ2) is 4.63. The fourth-order valence-corrected chi connectivity index (χ4v) is 1.65. The number of nitro groups is 1. The number of pyridine rings is 1. The molecule has 0 aromatic carbocycles. The SMILES string of the molecule is NC(=O)c1nc(C(F)F)c([N+](=O)[O-])cc1I. The van der Waals surface area contributed by atoms with Crippen molar-refractivity contribution in [1.82, 2.24) is 4.98 Å². The topological polar surface area (TPSA) is 99.1 Å². The van der Waals surface area contributed by atoms with Crippen LogP contribution in [-0.2, 0) is 0 Å². The summed E-state index contributed by atoms with van der Waals surface area (Å²) in [5, 5.41) is 10.5. The first-order chi connectivity index (χ1) is 7.34. The van der Waals surface area contributed by atoms with Crippen molar-refractivity contribution in [2.24, 2.45) is 5.73 Å². The lowest BCUT2D eigenvalue weighted by Crippen LogP contribution is -2.17. The molecule has 0 atom stereocenters. The Morgan fingerprint density at radius 2 is 2.19 bits per heavy atom. The second-order valence-electron chi connectivity index (χ2n) is 2.65. The number of hydrogen-bond donors (Lipinski definition) is 1. The van der Waals surface area contributed by atoms with Gasteiger partial charge in [0.1, 0.15) is 5.69 Å². The van der Waals surface area contributed by atoms with E-state index in [2.05, 4.69) is 4.98 Å². The lowest BCUT2D eigenvalue weighted by atomic mass is 10.2. The molecule has 86 valence electrons. The van der Waals surface area contributed by atoms with Crippen molar-refractivity contribution in [3.8, 4) is 0 Å². The van der Waals surface area contributed by atoms with E-state index in [9.17, 15) is 23.7 Å². The maximum Gasteiger partial charge on any atom is 0.297 e. The molecule has 2 N–H and O–H groups in total. The maximum absolute atomic E-state index is 12.4. The first-order valence-electron chi connectivity index (χ1n) is 3.77. The molecule has 0 saturated carbocycles. The molecule has 1 aromatic rings. The fourth-order valence-electron chi connectivity index (χ4n) is 0.973. The lowest BCUT2D eigenvalue weighted by molar-refractivity contribution is -0.386. The molecule has 0 fully saturated rings. The highest BCUT2D eigenvalue weighted by Crippen LogP contribution is 2.29. The fraction of sp³-hybridized carbons (Fsp3) is 0.143. The van der Waals surface area contributed by atoms with E-state index in [0.717, 1.165) is 6.07 Å². The van der Waals surface area contributed by atoms with Crippen LogP contribution in [-0.4, -0.2) is 15.8 Å². The van der Waals surface area contributed by atoms with Crippen LogP contribution in [0.4, 0.5) is 14.5 Å². The van der Waals surface area contributed by atoms with E-state index < -0.39 is 34.3 Å². The largest absolute Gasteiger partial charge is 0.364 e. The summed E-state index contributed by atoms with van der Waals surface area (Å²) in [6.07, 6.45) is -3.14. The number of nitrogens with zero attached hydrogens (tertiary/aromatic N) is 2. The summed E-state index contributed by atoms with van der Waals surface area (Å²) in [7, 11) is 0. The number of carbonyl (C=O) groups is 1. The van der Waals surface area contributed by atoms with E-state index in [4.69, 9.17) is 5.73 Å². The van der Waals surface area contributed by atoms with Crippen molar-refractivity contribution >= 4 is 34.2 Å². The van der Waals surface area contributed by atoms with E-state index in [-0.39, 0.29) is 3.57 Å². The molecule has 0 aliphatic carbocycles. The van der Waals surface area contributed by atoms with Crippen LogP contribution in [0.5, 0.6) is 0 Å². The van der Waals surface area contributed by atoms with Crippen LogP contribution in [0.1, 0.15) is 22.6 Å². The minimum atomic E-state index is -3.14. The van der Waals surface area contributed by atoms with Gasteiger partial charge in [-0.25, -0.2) is 13.8 Å². The molecule has 1 aromatic heterocycles. The average molecular weight is 343 g/mol. The highest BCUT2D eigenvalue weighted by atomic mass is 127. The summed E-state index contributed by atoms with van der Waals surface area (Å²) >= 11 is 1.56. The van der Waals surface area contributed by atoms with Crippen molar-refractivity contribution < 1.29 is 18.5 Å². The molecule has 1 rings (SSSR count). The number of alkyl halides is 2. The number of primary amides is 1. The van der Waals surface area contributed by atoms with Crippen LogP contribution < -0.4 is 5.73 Å². The van der Waals surface area contributed by atoms with Crippen molar-refractivity contribution in [3.63, 3.8) is 0 Å². The van der Waals surface area contributed by atoms with Gasteiger partial charge in [-0.3, -0.25) is 14.9 Å². The van der Waals surface area contributed by atoms with Gasteiger partial charge in [0.2, 0.25) is 0 Å². The van der Waals surface area contributed by atoms with Crippen LogP contribution in [0.15, 0.2) is 6.07 Å². The second-order valence-corrected chi connectivity index (χ2v) is 3.81. The Hall–Kier alpha value is -1.39. The number of rotatable bonds is 3. The zero-order chi connectivity index (χ0) is 12.5. The molecule has 0 aliphatic rings. The standard InChI is InChI=1S/C7H4F2IN3O3/c8-6(9)5-3(13(15)16)1-2(10)4(12-5)7(11)14/h1,6H,(H2,11,14). The van der Waals surface area contributed by atoms with Gasteiger partial charge in [0.05, 0.1) is 8.49 Å². The smallest absolute Gasteiger partial charge is 0.297 e. The summed E-state index contributed by atoms with van der Waals surface area (Å²) in [6.45, 7) is 0. The maximum atomic E-state index is 12.4. The molecule has 9 heteroatoms. The molecule has 0 unspecified atom stereocenters. The van der Waals surface area contributed by atoms with Gasteiger partial charge in [-0.15, -0.1) is 0 Å². The monoisotopic (exact) mass is 343 g/mol. The Bertz CT molecular complexity index is 466. The molecule has 0 radical (unpaired) electrons. The first-order valence-corrected chi connectivity index (χ1v) is 4.85. The van der Waals surface area contributed by atoms with Crippen LogP contribution >= 0.6 is 22.6 Å². The Kier molecular flexibility index (Phi) is 3.67. The number of aromatic nitrogens is 1. The van der Waals surface area contributed by atoms with Gasteiger partial charge in [-0.2, -0.15) is 0 Å². The van der Waals surface area contributed by atoms with Crippen LogP contribution in [0.25, 0.3) is 0 Å². The molecule has 0 bridgehead atoms. The summed E-state index contributed by atoms with van der Waals surface area (Å²) in [4.78, 5) is 23.5. The van der Waals surface area contributed by atoms with Gasteiger partial charge in [0.15, 0.2) is 5.69 Å². The van der Waals surface area contributed by atoms with Crippen molar-refractivity contribution in [2.75, 3.05) is 0 Å². The first kappa shape index (κ1) is 12.7. The Balaban J connectivity index is 3.49. The van der Waals surface area contributed by atoms with E-state index in [0.29, 0.717) is 0 Å². The van der Waals surface area contributed by atoms with Crippen LogP contribution in [0, 0.1) is 13.7 Å². The predicted molar refractivity (Wildman–Crippen MR) is 57.1 cm³/mol. The zero-order valence-electron chi connectivity index (χ0n) is 7.49. The summed E-state index contributed by atoms with van der Waals surface area (Å²) in [6, 6.07) is 0.842. The predicted octanol–water partition coefficient (Wildman–Crippen LogP) is 1.63. The molecular formula is C7H4F2IN3O3. The lowest BCUT2D eigenvalue weighted by Gasteiger charge is -2.04. The molecular weight excluding hydrogens is 339 g/mol. The molecule has 0 saturated heterocycles. The average Bonchev–Trinajstić information content (AvgIpc) is 2.15. The normalized spacial score (nSPS) is 10.5. The van der Waals surface area contributed by atoms with Gasteiger partial charge >= 0.3 is 0 Å². The van der Waals surface area contributed by atoms with E-state index >= 15 is 0 Å². The third-order valence-corrected chi connectivity index (χ3v) is 2.44.